The molecule has 0 saturated carbocycles. The highest BCUT2D eigenvalue weighted by molar-refractivity contribution is 6.22. The predicted molar refractivity (Wildman–Crippen MR) is 99.2 cm³/mol. The number of ketones is 1. The smallest absolute Gasteiger partial charge is 0.194 e. The van der Waals surface area contributed by atoms with Gasteiger partial charge in [0.1, 0.15) is 18.5 Å². The average Bonchev–Trinajstić information content (AvgIpc) is 2.94. The third-order valence-electron chi connectivity index (χ3n) is 4.77. The molecule has 1 aliphatic carbocycles. The lowest BCUT2D eigenvalue weighted by Crippen LogP contribution is -2.37. The van der Waals surface area contributed by atoms with Gasteiger partial charge in [0, 0.05) is 29.3 Å². The Balaban J connectivity index is 1.71. The summed E-state index contributed by atoms with van der Waals surface area (Å²) in [5.41, 5.74) is 3.12. The molecule has 1 aliphatic rings. The summed E-state index contributed by atoms with van der Waals surface area (Å²) in [6.45, 7) is 4.95. The molecular weight excluding hydrogens is 314 g/mol. The van der Waals surface area contributed by atoms with Crippen LogP contribution in [0.1, 0.15) is 42.6 Å². The number of ether oxygens (including phenoxy) is 1. The summed E-state index contributed by atoms with van der Waals surface area (Å²) in [6.07, 6.45) is 1.48. The van der Waals surface area contributed by atoms with Gasteiger partial charge in [0.25, 0.3) is 0 Å². The van der Waals surface area contributed by atoms with Crippen LogP contribution in [0.4, 0.5) is 0 Å². The van der Waals surface area contributed by atoms with E-state index in [1.165, 1.54) is 0 Å². The van der Waals surface area contributed by atoms with E-state index >= 15 is 0 Å². The van der Waals surface area contributed by atoms with Crippen LogP contribution in [0, 0.1) is 0 Å². The lowest BCUT2D eigenvalue weighted by molar-refractivity contribution is 0.103. The molecule has 0 fully saturated rings. The van der Waals surface area contributed by atoms with Gasteiger partial charge in [0.05, 0.1) is 0 Å². The zero-order chi connectivity index (χ0) is 17.8. The van der Waals surface area contributed by atoms with Gasteiger partial charge in [-0.05, 0) is 24.5 Å². The van der Waals surface area contributed by atoms with Crippen molar-refractivity contribution >= 4 is 5.78 Å². The third-order valence-corrected chi connectivity index (χ3v) is 4.77. The number of carbonyl (C=O) groups is 1. The zero-order valence-corrected chi connectivity index (χ0v) is 14.8. The first-order valence-corrected chi connectivity index (χ1v) is 8.97. The highest BCUT2D eigenvalue weighted by atomic mass is 16.5. The normalized spacial score (nSPS) is 13.7. The van der Waals surface area contributed by atoms with E-state index < -0.39 is 6.10 Å². The number of aliphatic hydroxyl groups excluding tert-OH is 1. The van der Waals surface area contributed by atoms with Crippen molar-refractivity contribution in [1.82, 2.24) is 5.32 Å². The number of carbonyl (C=O) groups excluding carboxylic acids is 1. The number of hydrogen-bond acceptors (Lipinski definition) is 4. The number of aliphatic hydroxyl groups is 1. The van der Waals surface area contributed by atoms with E-state index in [0.29, 0.717) is 29.5 Å². The second-order valence-corrected chi connectivity index (χ2v) is 6.44. The van der Waals surface area contributed by atoms with Crippen LogP contribution in [-0.4, -0.2) is 36.2 Å². The highest BCUT2D eigenvalue weighted by Gasteiger charge is 2.29. The van der Waals surface area contributed by atoms with E-state index in [0.717, 1.165) is 24.0 Å². The van der Waals surface area contributed by atoms with Crippen LogP contribution in [0.25, 0.3) is 11.1 Å². The van der Waals surface area contributed by atoms with Crippen LogP contribution in [-0.2, 0) is 0 Å². The first-order chi connectivity index (χ1) is 12.2. The van der Waals surface area contributed by atoms with Crippen molar-refractivity contribution < 1.29 is 14.6 Å². The molecule has 2 aromatic carbocycles. The minimum Gasteiger partial charge on any atom is -0.490 e. The predicted octanol–water partition coefficient (Wildman–Crippen LogP) is 3.42. The van der Waals surface area contributed by atoms with Crippen molar-refractivity contribution in [2.45, 2.75) is 38.8 Å². The Labute approximate surface area is 148 Å². The Morgan fingerprint density at radius 3 is 2.40 bits per heavy atom. The quantitative estimate of drug-likeness (QED) is 0.660. The van der Waals surface area contributed by atoms with Gasteiger partial charge in [0.2, 0.25) is 0 Å². The van der Waals surface area contributed by atoms with E-state index in [4.69, 9.17) is 4.74 Å². The van der Waals surface area contributed by atoms with Gasteiger partial charge < -0.3 is 15.2 Å². The van der Waals surface area contributed by atoms with Gasteiger partial charge in [0.15, 0.2) is 5.78 Å². The molecule has 0 spiro atoms. The molecule has 2 N–H and O–H groups in total. The topological polar surface area (TPSA) is 58.6 Å². The fraction of sp³-hybridized carbons (Fsp3) is 0.381. The lowest BCUT2D eigenvalue weighted by atomic mass is 10.0. The third kappa shape index (κ3) is 3.60. The van der Waals surface area contributed by atoms with Gasteiger partial charge in [-0.25, -0.2) is 0 Å². The second-order valence-electron chi connectivity index (χ2n) is 6.44. The van der Waals surface area contributed by atoms with Crippen molar-refractivity contribution in [2.24, 2.45) is 0 Å². The van der Waals surface area contributed by atoms with E-state index in [9.17, 15) is 9.90 Å². The molecule has 0 bridgehead atoms. The molecule has 0 saturated heterocycles. The van der Waals surface area contributed by atoms with Crippen LogP contribution < -0.4 is 10.1 Å². The minimum atomic E-state index is -0.594. The fourth-order valence-corrected chi connectivity index (χ4v) is 3.29. The molecule has 0 amide bonds. The van der Waals surface area contributed by atoms with Crippen LogP contribution in [0.2, 0.25) is 0 Å². The van der Waals surface area contributed by atoms with Crippen molar-refractivity contribution in [1.29, 1.82) is 0 Å². The maximum Gasteiger partial charge on any atom is 0.194 e. The van der Waals surface area contributed by atoms with Gasteiger partial charge in [-0.3, -0.25) is 4.79 Å². The molecule has 132 valence electrons. The van der Waals surface area contributed by atoms with Crippen molar-refractivity contribution in [3.8, 4) is 16.9 Å². The molecule has 2 aromatic rings. The summed E-state index contributed by atoms with van der Waals surface area (Å²) in [6, 6.07) is 13.5. The van der Waals surface area contributed by atoms with E-state index in [-0.39, 0.29) is 12.4 Å². The molecule has 0 heterocycles. The number of hydrogen-bond donors (Lipinski definition) is 2. The number of rotatable bonds is 8. The molecule has 0 aliphatic heterocycles. The largest absolute Gasteiger partial charge is 0.490 e. The average molecular weight is 339 g/mol. The molecule has 3 rings (SSSR count). The molecule has 1 atom stereocenters. The maximum atomic E-state index is 12.5. The van der Waals surface area contributed by atoms with Crippen LogP contribution in [0.15, 0.2) is 42.5 Å². The lowest BCUT2D eigenvalue weighted by Gasteiger charge is -2.19. The number of fused-ring (bicyclic) bond motifs is 3. The number of nitrogens with one attached hydrogen (secondary N) is 1. The van der Waals surface area contributed by atoms with E-state index in [1.54, 1.807) is 0 Å². The Morgan fingerprint density at radius 2 is 1.68 bits per heavy atom. The molecule has 4 heteroatoms. The Bertz CT molecular complexity index is 753. The highest BCUT2D eigenvalue weighted by Crippen LogP contribution is 2.42. The minimum absolute atomic E-state index is 0.0343. The van der Waals surface area contributed by atoms with Crippen molar-refractivity contribution in [2.75, 3.05) is 13.2 Å². The van der Waals surface area contributed by atoms with Gasteiger partial charge in [-0.15, -0.1) is 0 Å². The summed E-state index contributed by atoms with van der Waals surface area (Å²) in [4.78, 5) is 12.5. The SMILES string of the molecule is CCC(CC)NCC(O)COc1cccc2c1-c1ccccc1C2=O. The van der Waals surface area contributed by atoms with Gasteiger partial charge in [-0.2, -0.15) is 0 Å². The summed E-state index contributed by atoms with van der Waals surface area (Å²) in [5, 5.41) is 13.5. The molecule has 1 unspecified atom stereocenters. The molecular formula is C21H25NO3. The van der Waals surface area contributed by atoms with Gasteiger partial charge in [-0.1, -0.05) is 50.2 Å². The Hall–Kier alpha value is -2.17. The Kier molecular flexibility index (Phi) is 5.51. The zero-order valence-electron chi connectivity index (χ0n) is 14.8. The fourth-order valence-electron chi connectivity index (χ4n) is 3.29. The monoisotopic (exact) mass is 339 g/mol. The van der Waals surface area contributed by atoms with Crippen LogP contribution in [0.5, 0.6) is 5.75 Å². The van der Waals surface area contributed by atoms with Gasteiger partial charge >= 0.3 is 0 Å². The molecule has 25 heavy (non-hydrogen) atoms. The second kappa shape index (κ2) is 7.81. The van der Waals surface area contributed by atoms with Crippen LogP contribution >= 0.6 is 0 Å². The van der Waals surface area contributed by atoms with Crippen LogP contribution in [0.3, 0.4) is 0 Å². The summed E-state index contributed by atoms with van der Waals surface area (Å²) in [7, 11) is 0. The number of benzene rings is 2. The standard InChI is InChI=1S/C21H25NO3/c1-3-14(4-2)22-12-15(23)13-25-19-11-7-10-18-20(19)16-8-5-6-9-17(16)21(18)24/h5-11,14-15,22-23H,3-4,12-13H2,1-2H3. The van der Waals surface area contributed by atoms with Crippen molar-refractivity contribution in [3.63, 3.8) is 0 Å². The van der Waals surface area contributed by atoms with E-state index in [1.807, 2.05) is 42.5 Å². The molecule has 4 nitrogen and oxygen atoms in total. The maximum absolute atomic E-state index is 12.5. The first kappa shape index (κ1) is 17.6. The molecule has 0 radical (unpaired) electrons. The summed E-state index contributed by atoms with van der Waals surface area (Å²) < 4.78 is 5.87. The molecule has 0 aromatic heterocycles. The summed E-state index contributed by atoms with van der Waals surface area (Å²) in [5.74, 6) is 0.685. The Morgan fingerprint density at radius 1 is 1.00 bits per heavy atom. The van der Waals surface area contributed by atoms with Crippen molar-refractivity contribution in [3.05, 3.63) is 53.6 Å². The first-order valence-electron chi connectivity index (χ1n) is 8.97. The summed E-state index contributed by atoms with van der Waals surface area (Å²) >= 11 is 0. The van der Waals surface area contributed by atoms with E-state index in [2.05, 4.69) is 19.2 Å².